The lowest BCUT2D eigenvalue weighted by molar-refractivity contribution is 0.0434. The van der Waals surface area contributed by atoms with E-state index in [4.69, 9.17) is 9.47 Å². The molecule has 4 heteroatoms. The molecule has 1 aliphatic heterocycles. The van der Waals surface area contributed by atoms with E-state index in [1.807, 2.05) is 6.08 Å². The lowest BCUT2D eigenvalue weighted by Gasteiger charge is -2.25. The van der Waals surface area contributed by atoms with Gasteiger partial charge in [0.25, 0.3) is 0 Å². The van der Waals surface area contributed by atoms with Gasteiger partial charge in [0.1, 0.15) is 18.2 Å². The van der Waals surface area contributed by atoms with Crippen molar-refractivity contribution in [1.82, 2.24) is 4.90 Å². The third-order valence-corrected chi connectivity index (χ3v) is 2.79. The minimum absolute atomic E-state index is 0.245. The minimum Gasteiger partial charge on any atom is -0.490 e. The van der Waals surface area contributed by atoms with Gasteiger partial charge in [0.15, 0.2) is 0 Å². The van der Waals surface area contributed by atoms with E-state index in [1.54, 1.807) is 12.1 Å². The van der Waals surface area contributed by atoms with Gasteiger partial charge in [0.05, 0.1) is 13.2 Å². The molecule has 0 aromatic heterocycles. The molecule has 0 amide bonds. The van der Waals surface area contributed by atoms with Crippen LogP contribution in [0.5, 0.6) is 5.75 Å². The van der Waals surface area contributed by atoms with E-state index in [0.717, 1.165) is 32.8 Å². The Morgan fingerprint density at radius 1 is 1.17 bits per heavy atom. The first-order valence-corrected chi connectivity index (χ1v) is 6.18. The molecule has 1 aliphatic rings. The van der Waals surface area contributed by atoms with Gasteiger partial charge in [-0.15, -0.1) is 0 Å². The molecular weight excluding hydrogens is 233 g/mol. The average molecular weight is 251 g/mol. The van der Waals surface area contributed by atoms with Gasteiger partial charge in [-0.25, -0.2) is 4.39 Å². The topological polar surface area (TPSA) is 21.7 Å². The first kappa shape index (κ1) is 13.1. The first-order chi connectivity index (χ1) is 8.84. The molecular formula is C14H18FNO2. The van der Waals surface area contributed by atoms with Crippen molar-refractivity contribution in [1.29, 1.82) is 0 Å². The first-order valence-electron chi connectivity index (χ1n) is 6.18. The summed E-state index contributed by atoms with van der Waals surface area (Å²) in [6.07, 6.45) is 4.08. The molecule has 3 nitrogen and oxygen atoms in total. The third-order valence-electron chi connectivity index (χ3n) is 2.79. The number of morpholine rings is 1. The normalized spacial score (nSPS) is 17.2. The third kappa shape index (κ3) is 4.47. The Kier molecular flexibility index (Phi) is 5.17. The Morgan fingerprint density at radius 2 is 1.89 bits per heavy atom. The summed E-state index contributed by atoms with van der Waals surface area (Å²) in [7, 11) is 0. The maximum Gasteiger partial charge on any atom is 0.123 e. The van der Waals surface area contributed by atoms with Gasteiger partial charge in [-0.2, -0.15) is 0 Å². The molecule has 0 N–H and O–H groups in total. The lowest BCUT2D eigenvalue weighted by Crippen LogP contribution is -2.36. The fourth-order valence-electron chi connectivity index (χ4n) is 1.75. The average Bonchev–Trinajstić information content (AvgIpc) is 2.42. The highest BCUT2D eigenvalue weighted by molar-refractivity contribution is 5.22. The smallest absolute Gasteiger partial charge is 0.123 e. The predicted molar refractivity (Wildman–Crippen MR) is 68.3 cm³/mol. The maximum absolute atomic E-state index is 12.7. The van der Waals surface area contributed by atoms with Crippen molar-refractivity contribution in [2.45, 2.75) is 0 Å². The Hall–Kier alpha value is -1.39. The molecule has 0 aliphatic carbocycles. The van der Waals surface area contributed by atoms with Crippen LogP contribution in [0.25, 0.3) is 0 Å². The van der Waals surface area contributed by atoms with Crippen molar-refractivity contribution >= 4 is 0 Å². The summed E-state index contributed by atoms with van der Waals surface area (Å²) in [6, 6.07) is 6.05. The van der Waals surface area contributed by atoms with Crippen LogP contribution < -0.4 is 4.74 Å². The summed E-state index contributed by atoms with van der Waals surface area (Å²) < 4.78 is 23.4. The SMILES string of the molecule is Fc1ccc(OC/C=C/CN2CCOCC2)cc1. The van der Waals surface area contributed by atoms with Crippen molar-refractivity contribution in [3.8, 4) is 5.75 Å². The van der Waals surface area contributed by atoms with Crippen molar-refractivity contribution in [2.75, 3.05) is 39.5 Å². The number of halogens is 1. The number of ether oxygens (including phenoxy) is 2. The molecule has 0 bridgehead atoms. The number of hydrogen-bond acceptors (Lipinski definition) is 3. The molecule has 1 fully saturated rings. The Bertz CT molecular complexity index is 372. The van der Waals surface area contributed by atoms with Gasteiger partial charge >= 0.3 is 0 Å². The van der Waals surface area contributed by atoms with Crippen LogP contribution >= 0.6 is 0 Å². The zero-order valence-corrected chi connectivity index (χ0v) is 10.3. The molecule has 1 aromatic carbocycles. The molecule has 98 valence electrons. The van der Waals surface area contributed by atoms with Crippen LogP contribution in [0.4, 0.5) is 4.39 Å². The van der Waals surface area contributed by atoms with E-state index in [-0.39, 0.29) is 5.82 Å². The maximum atomic E-state index is 12.7. The zero-order valence-electron chi connectivity index (χ0n) is 10.3. The van der Waals surface area contributed by atoms with Crippen molar-refractivity contribution in [2.24, 2.45) is 0 Å². The number of benzene rings is 1. The summed E-state index contributed by atoms with van der Waals surface area (Å²) in [4.78, 5) is 2.33. The molecule has 0 radical (unpaired) electrons. The number of nitrogens with zero attached hydrogens (tertiary/aromatic N) is 1. The second kappa shape index (κ2) is 7.13. The summed E-state index contributed by atoms with van der Waals surface area (Å²) in [5.74, 6) is 0.442. The van der Waals surface area contributed by atoms with E-state index in [0.29, 0.717) is 12.4 Å². The van der Waals surface area contributed by atoms with Gasteiger partial charge in [-0.3, -0.25) is 4.90 Å². The van der Waals surface area contributed by atoms with Crippen molar-refractivity contribution in [3.05, 3.63) is 42.2 Å². The van der Waals surface area contributed by atoms with E-state index < -0.39 is 0 Å². The monoisotopic (exact) mass is 251 g/mol. The van der Waals surface area contributed by atoms with E-state index >= 15 is 0 Å². The fraction of sp³-hybridized carbons (Fsp3) is 0.429. The Balaban J connectivity index is 1.63. The van der Waals surface area contributed by atoms with Crippen LogP contribution in [-0.4, -0.2) is 44.4 Å². The predicted octanol–water partition coefficient (Wildman–Crippen LogP) is 2.09. The van der Waals surface area contributed by atoms with Gasteiger partial charge in [0.2, 0.25) is 0 Å². The van der Waals surface area contributed by atoms with Gasteiger partial charge in [0, 0.05) is 19.6 Å². The van der Waals surface area contributed by atoms with Crippen LogP contribution in [0.15, 0.2) is 36.4 Å². The fourth-order valence-corrected chi connectivity index (χ4v) is 1.75. The van der Waals surface area contributed by atoms with Gasteiger partial charge < -0.3 is 9.47 Å². The molecule has 1 aromatic rings. The Morgan fingerprint density at radius 3 is 2.61 bits per heavy atom. The highest BCUT2D eigenvalue weighted by Crippen LogP contribution is 2.10. The van der Waals surface area contributed by atoms with Crippen LogP contribution in [-0.2, 0) is 4.74 Å². The highest BCUT2D eigenvalue weighted by atomic mass is 19.1. The van der Waals surface area contributed by atoms with Crippen LogP contribution in [0, 0.1) is 5.82 Å². The van der Waals surface area contributed by atoms with Gasteiger partial charge in [-0.05, 0) is 24.3 Å². The standard InChI is InChI=1S/C14H18FNO2/c15-13-3-5-14(6-4-13)18-10-2-1-7-16-8-11-17-12-9-16/h1-6H,7-12H2/b2-1+. The molecule has 0 atom stereocenters. The number of rotatable bonds is 5. The summed E-state index contributed by atoms with van der Waals surface area (Å²) in [6.45, 7) is 5.05. The lowest BCUT2D eigenvalue weighted by atomic mass is 10.3. The summed E-state index contributed by atoms with van der Waals surface area (Å²) >= 11 is 0. The molecule has 2 rings (SSSR count). The summed E-state index contributed by atoms with van der Waals surface area (Å²) in [5, 5.41) is 0. The van der Waals surface area contributed by atoms with Crippen LogP contribution in [0.3, 0.4) is 0 Å². The molecule has 0 saturated carbocycles. The zero-order chi connectivity index (χ0) is 12.6. The molecule has 0 spiro atoms. The Labute approximate surface area is 107 Å². The molecule has 0 unspecified atom stereocenters. The van der Waals surface area contributed by atoms with E-state index in [1.165, 1.54) is 12.1 Å². The highest BCUT2D eigenvalue weighted by Gasteiger charge is 2.07. The van der Waals surface area contributed by atoms with Crippen LogP contribution in [0.1, 0.15) is 0 Å². The van der Waals surface area contributed by atoms with E-state index in [9.17, 15) is 4.39 Å². The molecule has 1 heterocycles. The molecule has 18 heavy (non-hydrogen) atoms. The van der Waals surface area contributed by atoms with Crippen molar-refractivity contribution in [3.63, 3.8) is 0 Å². The summed E-state index contributed by atoms with van der Waals surface area (Å²) in [5.41, 5.74) is 0. The number of hydrogen-bond donors (Lipinski definition) is 0. The van der Waals surface area contributed by atoms with Crippen LogP contribution in [0.2, 0.25) is 0 Å². The largest absolute Gasteiger partial charge is 0.490 e. The molecule has 1 saturated heterocycles. The second-order valence-electron chi connectivity index (χ2n) is 4.15. The minimum atomic E-state index is -0.245. The quantitative estimate of drug-likeness (QED) is 0.748. The van der Waals surface area contributed by atoms with Gasteiger partial charge in [-0.1, -0.05) is 12.2 Å². The second-order valence-corrected chi connectivity index (χ2v) is 4.15. The van der Waals surface area contributed by atoms with E-state index in [2.05, 4.69) is 11.0 Å². The van der Waals surface area contributed by atoms with Crippen molar-refractivity contribution < 1.29 is 13.9 Å².